The van der Waals surface area contributed by atoms with E-state index in [1.807, 2.05) is 0 Å². The Labute approximate surface area is 191 Å². The van der Waals surface area contributed by atoms with Crippen LogP contribution in [0.3, 0.4) is 0 Å². The van der Waals surface area contributed by atoms with Gasteiger partial charge in [-0.1, -0.05) is 32.3 Å². The Balaban J connectivity index is 1.34. The lowest BCUT2D eigenvalue weighted by Crippen LogP contribution is -2.55. The summed E-state index contributed by atoms with van der Waals surface area (Å²) in [5.41, 5.74) is 1.12. The highest BCUT2D eigenvalue weighted by molar-refractivity contribution is 7.86. The number of hydrogen-bond donors (Lipinski definition) is 1. The molecule has 9 heteroatoms. The van der Waals surface area contributed by atoms with E-state index in [2.05, 4.69) is 12.2 Å². The molecule has 0 aromatic heterocycles. The van der Waals surface area contributed by atoms with Crippen molar-refractivity contribution in [1.29, 1.82) is 0 Å². The molecule has 1 aliphatic heterocycles. The van der Waals surface area contributed by atoms with Gasteiger partial charge in [-0.15, -0.1) is 0 Å². The van der Waals surface area contributed by atoms with Crippen molar-refractivity contribution in [2.24, 2.45) is 11.8 Å². The van der Waals surface area contributed by atoms with E-state index in [9.17, 15) is 18.0 Å². The van der Waals surface area contributed by atoms with Crippen molar-refractivity contribution in [2.75, 3.05) is 38.5 Å². The second kappa shape index (κ2) is 9.49. The smallest absolute Gasteiger partial charge is 0.282 e. The summed E-state index contributed by atoms with van der Waals surface area (Å²) in [6.45, 7) is 3.35. The van der Waals surface area contributed by atoms with E-state index in [4.69, 9.17) is 0 Å². The Morgan fingerprint density at radius 3 is 2.34 bits per heavy atom. The van der Waals surface area contributed by atoms with Crippen molar-refractivity contribution >= 4 is 27.7 Å². The van der Waals surface area contributed by atoms with Gasteiger partial charge >= 0.3 is 0 Å². The average molecular weight is 463 g/mol. The average Bonchev–Trinajstić information content (AvgIpc) is 3.55. The van der Waals surface area contributed by atoms with Gasteiger partial charge in [-0.25, -0.2) is 0 Å². The van der Waals surface area contributed by atoms with Crippen LogP contribution in [0, 0.1) is 11.8 Å². The third-order valence-electron chi connectivity index (χ3n) is 7.13. The summed E-state index contributed by atoms with van der Waals surface area (Å²) < 4.78 is 29.2. The fourth-order valence-electron chi connectivity index (χ4n) is 4.77. The van der Waals surface area contributed by atoms with Gasteiger partial charge in [0, 0.05) is 56.4 Å². The van der Waals surface area contributed by atoms with E-state index in [1.165, 1.54) is 15.0 Å². The first-order valence-electron chi connectivity index (χ1n) is 11.7. The summed E-state index contributed by atoms with van der Waals surface area (Å²) in [5, 5.41) is 2.90. The molecule has 176 valence electrons. The molecule has 0 radical (unpaired) electrons. The first kappa shape index (κ1) is 23.2. The molecule has 2 aliphatic carbocycles. The summed E-state index contributed by atoms with van der Waals surface area (Å²) in [7, 11) is -1.84. The van der Waals surface area contributed by atoms with Gasteiger partial charge in [-0.2, -0.15) is 17.0 Å². The number of piperazine rings is 1. The highest BCUT2D eigenvalue weighted by atomic mass is 32.2. The quantitative estimate of drug-likeness (QED) is 0.704. The molecule has 1 N–H and O–H groups in total. The Hall–Kier alpha value is -1.97. The number of anilines is 1. The number of amides is 2. The topological polar surface area (TPSA) is 90.0 Å². The molecule has 0 spiro atoms. The lowest BCUT2D eigenvalue weighted by atomic mass is 9.96. The minimum atomic E-state index is -3.52. The van der Waals surface area contributed by atoms with Crippen molar-refractivity contribution in [3.8, 4) is 0 Å². The molecular formula is C23H34N4O4S. The molecule has 1 saturated heterocycles. The summed E-state index contributed by atoms with van der Waals surface area (Å²) in [6, 6.07) is 7.06. The zero-order chi connectivity index (χ0) is 22.9. The van der Waals surface area contributed by atoms with Crippen molar-refractivity contribution in [3.05, 3.63) is 29.8 Å². The molecule has 0 bridgehead atoms. The molecule has 2 amide bonds. The predicted octanol–water partition coefficient (Wildman–Crippen LogP) is 2.55. The second-order valence-corrected chi connectivity index (χ2v) is 11.4. The second-order valence-electron chi connectivity index (χ2n) is 9.40. The first-order chi connectivity index (χ1) is 15.3. The third kappa shape index (κ3) is 5.00. The van der Waals surface area contributed by atoms with Crippen LogP contribution >= 0.6 is 0 Å². The fourth-order valence-corrected chi connectivity index (χ4v) is 6.35. The van der Waals surface area contributed by atoms with Gasteiger partial charge in [0.15, 0.2) is 0 Å². The van der Waals surface area contributed by atoms with Gasteiger partial charge in [0.1, 0.15) is 0 Å². The van der Waals surface area contributed by atoms with Crippen LogP contribution in [0.2, 0.25) is 0 Å². The molecule has 2 atom stereocenters. The van der Waals surface area contributed by atoms with Crippen LogP contribution in [0.5, 0.6) is 0 Å². The molecule has 2 saturated carbocycles. The molecule has 1 aromatic carbocycles. The largest absolute Gasteiger partial charge is 0.336 e. The molecule has 3 fully saturated rings. The van der Waals surface area contributed by atoms with E-state index >= 15 is 0 Å². The predicted molar refractivity (Wildman–Crippen MR) is 123 cm³/mol. The number of nitrogens with zero attached hydrogens (tertiary/aromatic N) is 3. The summed E-state index contributed by atoms with van der Waals surface area (Å²) in [5.74, 6) is 0.349. The van der Waals surface area contributed by atoms with Crippen molar-refractivity contribution in [2.45, 2.75) is 51.5 Å². The van der Waals surface area contributed by atoms with Gasteiger partial charge in [0.2, 0.25) is 5.91 Å². The Morgan fingerprint density at radius 2 is 1.72 bits per heavy atom. The maximum atomic E-state index is 13.1. The molecule has 8 nitrogen and oxygen atoms in total. The van der Waals surface area contributed by atoms with Gasteiger partial charge in [-0.05, 0) is 43.4 Å². The van der Waals surface area contributed by atoms with E-state index in [0.29, 0.717) is 43.3 Å². The number of hydrogen-bond acceptors (Lipinski definition) is 4. The Morgan fingerprint density at radius 1 is 1.06 bits per heavy atom. The zero-order valence-electron chi connectivity index (χ0n) is 19.0. The summed E-state index contributed by atoms with van der Waals surface area (Å²) >= 11 is 0. The molecule has 2 unspecified atom stereocenters. The van der Waals surface area contributed by atoms with Crippen LogP contribution in [0.15, 0.2) is 24.3 Å². The van der Waals surface area contributed by atoms with E-state index in [0.717, 1.165) is 32.1 Å². The van der Waals surface area contributed by atoms with Gasteiger partial charge < -0.3 is 10.2 Å². The van der Waals surface area contributed by atoms with Gasteiger partial charge in [-0.3, -0.25) is 9.59 Å². The van der Waals surface area contributed by atoms with Crippen molar-refractivity contribution < 1.29 is 18.0 Å². The van der Waals surface area contributed by atoms with Gasteiger partial charge in [0.05, 0.1) is 0 Å². The number of rotatable bonds is 6. The number of nitrogens with one attached hydrogen (secondary N) is 1. The fraction of sp³-hybridized carbons (Fsp3) is 0.652. The van der Waals surface area contributed by atoms with Crippen LogP contribution in [-0.2, 0) is 15.0 Å². The van der Waals surface area contributed by atoms with E-state index in [1.54, 1.807) is 36.2 Å². The first-order valence-corrected chi connectivity index (χ1v) is 13.1. The van der Waals surface area contributed by atoms with Crippen LogP contribution in [-0.4, -0.2) is 73.0 Å². The van der Waals surface area contributed by atoms with Gasteiger partial charge in [0.25, 0.3) is 16.1 Å². The number of carbonyl (C=O) groups excluding carboxylic acids is 2. The lowest BCUT2D eigenvalue weighted by Gasteiger charge is -2.38. The highest BCUT2D eigenvalue weighted by Gasteiger charge is 2.39. The third-order valence-corrected chi connectivity index (χ3v) is 9.17. The SMILES string of the molecule is CC1CC1C(=O)Nc1cccc(C(=O)N2CCN(S(=O)(=O)N(C)C3CCCCC3)CC2)c1. The molecule has 1 aromatic rings. The highest BCUT2D eigenvalue weighted by Crippen LogP contribution is 2.38. The molecular weight excluding hydrogens is 428 g/mol. The molecule has 4 rings (SSSR count). The minimum Gasteiger partial charge on any atom is -0.336 e. The van der Waals surface area contributed by atoms with Crippen LogP contribution < -0.4 is 5.32 Å². The maximum absolute atomic E-state index is 13.1. The standard InChI is InChI=1S/C23H34N4O4S/c1-17-15-21(17)22(28)24-19-8-6-7-18(16-19)23(29)26-11-13-27(14-12-26)32(30,31)25(2)20-9-4-3-5-10-20/h6-8,16-17,20-21H,3-5,9-15H2,1-2H3,(H,24,28). The van der Waals surface area contributed by atoms with Crippen LogP contribution in [0.1, 0.15) is 55.8 Å². The van der Waals surface area contributed by atoms with Crippen molar-refractivity contribution in [1.82, 2.24) is 13.5 Å². The van der Waals surface area contributed by atoms with E-state index in [-0.39, 0.29) is 23.8 Å². The molecule has 3 aliphatic rings. The summed E-state index contributed by atoms with van der Waals surface area (Å²) in [4.78, 5) is 26.9. The Kier molecular flexibility index (Phi) is 6.88. The molecule has 32 heavy (non-hydrogen) atoms. The van der Waals surface area contributed by atoms with Crippen LogP contribution in [0.4, 0.5) is 5.69 Å². The van der Waals surface area contributed by atoms with Crippen LogP contribution in [0.25, 0.3) is 0 Å². The normalized spacial score (nSPS) is 25.0. The number of carbonyl (C=O) groups is 2. The Bertz CT molecular complexity index is 952. The van der Waals surface area contributed by atoms with E-state index < -0.39 is 10.2 Å². The maximum Gasteiger partial charge on any atom is 0.282 e. The number of benzene rings is 1. The zero-order valence-corrected chi connectivity index (χ0v) is 19.8. The lowest BCUT2D eigenvalue weighted by molar-refractivity contribution is -0.117. The molecule has 1 heterocycles. The minimum absolute atomic E-state index is 0.00278. The summed E-state index contributed by atoms with van der Waals surface area (Å²) in [6.07, 6.45) is 6.07. The monoisotopic (exact) mass is 462 g/mol. The van der Waals surface area contributed by atoms with Crippen molar-refractivity contribution in [3.63, 3.8) is 0 Å².